The van der Waals surface area contributed by atoms with Crippen molar-refractivity contribution in [2.75, 3.05) is 40.8 Å². The topological polar surface area (TPSA) is 64.1 Å². The van der Waals surface area contributed by atoms with E-state index >= 15 is 0 Å². The average molecular weight is 259 g/mol. The first-order chi connectivity index (χ1) is 8.31. The normalized spacial score (nSPS) is 12.3. The van der Waals surface area contributed by atoms with Gasteiger partial charge in [-0.3, -0.25) is 0 Å². The summed E-state index contributed by atoms with van der Waals surface area (Å²) in [6.07, 6.45) is 0.856. The minimum absolute atomic E-state index is 0.228. The van der Waals surface area contributed by atoms with E-state index in [1.54, 1.807) is 4.90 Å². The zero-order valence-electron chi connectivity index (χ0n) is 12.0. The smallest absolute Gasteiger partial charge is 0.326 e. The summed E-state index contributed by atoms with van der Waals surface area (Å²) in [5, 5.41) is 8.91. The van der Waals surface area contributed by atoms with Crippen LogP contribution in [0.3, 0.4) is 0 Å². The number of rotatable bonds is 7. The van der Waals surface area contributed by atoms with Crippen LogP contribution in [0.4, 0.5) is 4.79 Å². The van der Waals surface area contributed by atoms with Gasteiger partial charge < -0.3 is 19.8 Å². The van der Waals surface area contributed by atoms with Crippen LogP contribution in [0.1, 0.15) is 20.3 Å². The number of urea groups is 1. The molecule has 0 aliphatic heterocycles. The predicted octanol–water partition coefficient (Wildman–Crippen LogP) is 0.785. The number of carbonyl (C=O) groups excluding carboxylic acids is 1. The van der Waals surface area contributed by atoms with Crippen molar-refractivity contribution in [1.29, 1.82) is 0 Å². The van der Waals surface area contributed by atoms with Crippen LogP contribution in [0.15, 0.2) is 0 Å². The quantitative estimate of drug-likeness (QED) is 0.734. The number of hydrogen-bond donors (Lipinski definition) is 1. The maximum atomic E-state index is 12.2. The highest BCUT2D eigenvalue weighted by Crippen LogP contribution is 2.04. The van der Waals surface area contributed by atoms with Crippen LogP contribution in [0.2, 0.25) is 0 Å². The van der Waals surface area contributed by atoms with E-state index < -0.39 is 12.0 Å². The van der Waals surface area contributed by atoms with E-state index in [-0.39, 0.29) is 6.03 Å². The molecule has 1 atom stereocenters. The van der Waals surface area contributed by atoms with Crippen molar-refractivity contribution < 1.29 is 14.7 Å². The Hall–Kier alpha value is -1.30. The largest absolute Gasteiger partial charge is 0.480 e. The molecule has 1 N–H and O–H groups in total. The van der Waals surface area contributed by atoms with Crippen LogP contribution in [0.5, 0.6) is 0 Å². The molecule has 0 aliphatic carbocycles. The van der Waals surface area contributed by atoms with Gasteiger partial charge in [-0.15, -0.1) is 0 Å². The molecule has 0 spiro atoms. The van der Waals surface area contributed by atoms with Gasteiger partial charge in [0, 0.05) is 26.7 Å². The molecule has 0 fully saturated rings. The Balaban J connectivity index is 4.58. The molecule has 0 aliphatic rings. The fraction of sp³-hybridized carbons (Fsp3) is 0.833. The Morgan fingerprint density at radius 3 is 2.06 bits per heavy atom. The summed E-state index contributed by atoms with van der Waals surface area (Å²) in [6.45, 7) is 5.52. The van der Waals surface area contributed by atoms with E-state index in [1.807, 2.05) is 25.9 Å². The Labute approximate surface area is 109 Å². The van der Waals surface area contributed by atoms with Gasteiger partial charge in [-0.05, 0) is 27.4 Å². The first kappa shape index (κ1) is 16.7. The van der Waals surface area contributed by atoms with Gasteiger partial charge >= 0.3 is 12.0 Å². The third-order valence-corrected chi connectivity index (χ3v) is 2.82. The summed E-state index contributed by atoms with van der Waals surface area (Å²) in [7, 11) is 5.41. The standard InChI is InChI=1S/C12H25N3O3/c1-6-7-15(9-8-13(3)4)12(18)14(5)10(2)11(16)17/h10H,6-9H2,1-5H3,(H,16,17). The second-order valence-corrected chi connectivity index (χ2v) is 4.70. The summed E-state index contributed by atoms with van der Waals surface area (Å²) >= 11 is 0. The van der Waals surface area contributed by atoms with E-state index in [4.69, 9.17) is 5.11 Å². The minimum atomic E-state index is -0.991. The van der Waals surface area contributed by atoms with Crippen LogP contribution < -0.4 is 0 Å². The number of carbonyl (C=O) groups is 2. The monoisotopic (exact) mass is 259 g/mol. The lowest BCUT2D eigenvalue weighted by Gasteiger charge is -2.30. The number of likely N-dealkylation sites (N-methyl/N-ethyl adjacent to an activating group) is 2. The lowest BCUT2D eigenvalue weighted by atomic mass is 10.3. The molecule has 0 aromatic rings. The number of carboxylic acid groups (broad SMARTS) is 1. The Morgan fingerprint density at radius 1 is 1.11 bits per heavy atom. The molecule has 6 heteroatoms. The van der Waals surface area contributed by atoms with Gasteiger partial charge in [0.1, 0.15) is 6.04 Å². The highest BCUT2D eigenvalue weighted by molar-refractivity contribution is 5.82. The van der Waals surface area contributed by atoms with Crippen LogP contribution in [0, 0.1) is 0 Å². The maximum absolute atomic E-state index is 12.2. The number of hydrogen-bond acceptors (Lipinski definition) is 3. The second kappa shape index (κ2) is 7.92. The predicted molar refractivity (Wildman–Crippen MR) is 70.7 cm³/mol. The van der Waals surface area contributed by atoms with Crippen LogP contribution in [-0.4, -0.2) is 78.6 Å². The van der Waals surface area contributed by atoms with E-state index in [0.29, 0.717) is 13.1 Å². The number of nitrogens with zero attached hydrogens (tertiary/aromatic N) is 3. The van der Waals surface area contributed by atoms with Crippen molar-refractivity contribution in [3.63, 3.8) is 0 Å². The highest BCUT2D eigenvalue weighted by Gasteiger charge is 2.25. The molecule has 0 radical (unpaired) electrons. The Bertz CT molecular complexity index is 282. The van der Waals surface area contributed by atoms with Gasteiger partial charge in [0.25, 0.3) is 0 Å². The highest BCUT2D eigenvalue weighted by atomic mass is 16.4. The molecule has 6 nitrogen and oxygen atoms in total. The van der Waals surface area contributed by atoms with E-state index in [2.05, 4.69) is 0 Å². The van der Waals surface area contributed by atoms with Crippen molar-refractivity contribution >= 4 is 12.0 Å². The molecule has 0 saturated heterocycles. The van der Waals surface area contributed by atoms with Crippen molar-refractivity contribution in [2.45, 2.75) is 26.3 Å². The van der Waals surface area contributed by atoms with Gasteiger partial charge in [-0.2, -0.15) is 0 Å². The maximum Gasteiger partial charge on any atom is 0.326 e. The molecular weight excluding hydrogens is 234 g/mol. The minimum Gasteiger partial charge on any atom is -0.480 e. The molecule has 0 saturated carbocycles. The van der Waals surface area contributed by atoms with Crippen LogP contribution in [-0.2, 0) is 4.79 Å². The fourth-order valence-corrected chi connectivity index (χ4v) is 1.45. The third kappa shape index (κ3) is 5.35. The lowest BCUT2D eigenvalue weighted by molar-refractivity contribution is -0.141. The molecule has 0 aromatic carbocycles. The number of aliphatic carboxylic acids is 1. The summed E-state index contributed by atoms with van der Waals surface area (Å²) < 4.78 is 0. The zero-order valence-corrected chi connectivity index (χ0v) is 12.0. The fourth-order valence-electron chi connectivity index (χ4n) is 1.45. The Kier molecular flexibility index (Phi) is 7.35. The molecule has 0 heterocycles. The summed E-state index contributed by atoms with van der Waals surface area (Å²) in [4.78, 5) is 28.0. The van der Waals surface area contributed by atoms with Crippen molar-refractivity contribution in [3.05, 3.63) is 0 Å². The van der Waals surface area contributed by atoms with Crippen LogP contribution in [0.25, 0.3) is 0 Å². The zero-order chi connectivity index (χ0) is 14.3. The summed E-state index contributed by atoms with van der Waals surface area (Å²) in [5.41, 5.74) is 0. The van der Waals surface area contributed by atoms with Gasteiger partial charge in [-0.1, -0.05) is 6.92 Å². The van der Waals surface area contributed by atoms with E-state index in [1.165, 1.54) is 18.9 Å². The van der Waals surface area contributed by atoms with Gasteiger partial charge in [0.15, 0.2) is 0 Å². The third-order valence-electron chi connectivity index (χ3n) is 2.82. The SMILES string of the molecule is CCCN(CCN(C)C)C(=O)N(C)C(C)C(=O)O. The molecule has 0 rings (SSSR count). The molecule has 0 bridgehead atoms. The van der Waals surface area contributed by atoms with Crippen molar-refractivity contribution in [2.24, 2.45) is 0 Å². The first-order valence-corrected chi connectivity index (χ1v) is 6.20. The first-order valence-electron chi connectivity index (χ1n) is 6.20. The molecular formula is C12H25N3O3. The van der Waals surface area contributed by atoms with Crippen molar-refractivity contribution in [3.8, 4) is 0 Å². The summed E-state index contributed by atoms with van der Waals surface area (Å²) in [6, 6.07) is -1.04. The molecule has 1 unspecified atom stereocenters. The Morgan fingerprint density at radius 2 is 1.67 bits per heavy atom. The van der Waals surface area contributed by atoms with Gasteiger partial charge in [0.05, 0.1) is 0 Å². The van der Waals surface area contributed by atoms with Gasteiger partial charge in [-0.25, -0.2) is 9.59 Å². The van der Waals surface area contributed by atoms with Crippen LogP contribution >= 0.6 is 0 Å². The summed E-state index contributed by atoms with van der Waals surface area (Å²) in [5.74, 6) is -0.991. The van der Waals surface area contributed by atoms with Gasteiger partial charge in [0.2, 0.25) is 0 Å². The number of carboxylic acids is 1. The second-order valence-electron chi connectivity index (χ2n) is 4.70. The molecule has 18 heavy (non-hydrogen) atoms. The molecule has 2 amide bonds. The molecule has 0 aromatic heterocycles. The van der Waals surface area contributed by atoms with E-state index in [0.717, 1.165) is 13.0 Å². The lowest BCUT2D eigenvalue weighted by Crippen LogP contribution is -2.49. The van der Waals surface area contributed by atoms with Crippen molar-refractivity contribution in [1.82, 2.24) is 14.7 Å². The number of amides is 2. The van der Waals surface area contributed by atoms with E-state index in [9.17, 15) is 9.59 Å². The average Bonchev–Trinajstić information content (AvgIpc) is 2.31. The molecule has 106 valence electrons.